The first-order valence-electron chi connectivity index (χ1n) is 5.77. The number of nitrogens with zero attached hydrogens (tertiary/aromatic N) is 3. The fourth-order valence-electron chi connectivity index (χ4n) is 1.61. The monoisotopic (exact) mass is 319 g/mol. The van der Waals surface area contributed by atoms with E-state index in [0.29, 0.717) is 13.0 Å². The molecule has 0 aliphatic carbocycles. The molecule has 2 N–H and O–H groups in total. The van der Waals surface area contributed by atoms with Gasteiger partial charge in [0.15, 0.2) is 0 Å². The standard InChI is InChI=1S/C9H13N5O4S2/c1-6(15)11-8-12-13-9(19-8)20(17,18)14-4-2-3-10-7(16)5-14/h2-5H2,1H3,(H,10,16)(H,11,12,15). The van der Waals surface area contributed by atoms with Crippen molar-refractivity contribution in [2.45, 2.75) is 17.7 Å². The molecular weight excluding hydrogens is 306 g/mol. The highest BCUT2D eigenvalue weighted by atomic mass is 32.2. The smallest absolute Gasteiger partial charge is 0.272 e. The van der Waals surface area contributed by atoms with Crippen LogP contribution < -0.4 is 10.6 Å². The van der Waals surface area contributed by atoms with E-state index >= 15 is 0 Å². The summed E-state index contributed by atoms with van der Waals surface area (Å²) in [5.41, 5.74) is 0. The molecule has 0 spiro atoms. The molecular formula is C9H13N5O4S2. The van der Waals surface area contributed by atoms with Crippen molar-refractivity contribution in [2.24, 2.45) is 0 Å². The third kappa shape index (κ3) is 3.29. The van der Waals surface area contributed by atoms with E-state index in [0.717, 1.165) is 15.6 Å². The van der Waals surface area contributed by atoms with E-state index in [1.54, 1.807) is 0 Å². The summed E-state index contributed by atoms with van der Waals surface area (Å²) in [4.78, 5) is 22.3. The van der Waals surface area contributed by atoms with Gasteiger partial charge in [-0.05, 0) is 6.42 Å². The Morgan fingerprint density at radius 2 is 2.20 bits per heavy atom. The normalized spacial score (nSPS) is 17.4. The zero-order valence-electron chi connectivity index (χ0n) is 10.6. The number of aromatic nitrogens is 2. The zero-order chi connectivity index (χ0) is 14.8. The van der Waals surface area contributed by atoms with Crippen molar-refractivity contribution in [3.63, 3.8) is 0 Å². The topological polar surface area (TPSA) is 121 Å². The van der Waals surface area contributed by atoms with Gasteiger partial charge in [-0.15, -0.1) is 10.2 Å². The number of rotatable bonds is 3. The Balaban J connectivity index is 2.22. The Morgan fingerprint density at radius 3 is 2.90 bits per heavy atom. The van der Waals surface area contributed by atoms with Crippen LogP contribution in [-0.2, 0) is 19.6 Å². The molecule has 11 heteroatoms. The first-order chi connectivity index (χ1) is 9.39. The molecule has 1 aromatic heterocycles. The average Bonchev–Trinajstić information content (AvgIpc) is 2.70. The number of hydrogen-bond donors (Lipinski definition) is 2. The lowest BCUT2D eigenvalue weighted by Gasteiger charge is -2.16. The van der Waals surface area contributed by atoms with Gasteiger partial charge in [-0.25, -0.2) is 8.42 Å². The van der Waals surface area contributed by atoms with Crippen LogP contribution >= 0.6 is 11.3 Å². The molecule has 1 saturated heterocycles. The van der Waals surface area contributed by atoms with Gasteiger partial charge in [0.05, 0.1) is 6.54 Å². The van der Waals surface area contributed by atoms with Gasteiger partial charge in [0.25, 0.3) is 10.0 Å². The molecule has 1 aliphatic heterocycles. The van der Waals surface area contributed by atoms with Crippen molar-refractivity contribution in [1.82, 2.24) is 19.8 Å². The van der Waals surface area contributed by atoms with Gasteiger partial charge in [0.1, 0.15) is 0 Å². The third-order valence-corrected chi connectivity index (χ3v) is 5.51. The minimum absolute atomic E-state index is 0.107. The first-order valence-corrected chi connectivity index (χ1v) is 8.03. The minimum Gasteiger partial charge on any atom is -0.355 e. The third-order valence-electron chi connectivity index (χ3n) is 2.48. The van der Waals surface area contributed by atoms with Crippen molar-refractivity contribution in [3.8, 4) is 0 Å². The number of carbonyl (C=O) groups is 2. The largest absolute Gasteiger partial charge is 0.355 e. The van der Waals surface area contributed by atoms with Crippen molar-refractivity contribution in [1.29, 1.82) is 0 Å². The summed E-state index contributed by atoms with van der Waals surface area (Å²) in [6.45, 7) is 1.72. The molecule has 9 nitrogen and oxygen atoms in total. The number of hydrogen-bond acceptors (Lipinski definition) is 7. The second kappa shape index (κ2) is 5.81. The van der Waals surface area contributed by atoms with Crippen LogP contribution in [0.2, 0.25) is 0 Å². The molecule has 0 bridgehead atoms. The molecule has 0 saturated carbocycles. The lowest BCUT2D eigenvalue weighted by Crippen LogP contribution is -2.37. The van der Waals surface area contributed by atoms with E-state index in [-0.39, 0.29) is 34.4 Å². The maximum Gasteiger partial charge on any atom is 0.272 e. The van der Waals surface area contributed by atoms with Gasteiger partial charge >= 0.3 is 0 Å². The van der Waals surface area contributed by atoms with Gasteiger partial charge in [0, 0.05) is 20.0 Å². The van der Waals surface area contributed by atoms with Crippen LogP contribution in [0.5, 0.6) is 0 Å². The van der Waals surface area contributed by atoms with Gasteiger partial charge in [-0.1, -0.05) is 11.3 Å². The summed E-state index contributed by atoms with van der Waals surface area (Å²) in [6.07, 6.45) is 0.530. The van der Waals surface area contributed by atoms with Gasteiger partial charge in [0.2, 0.25) is 21.3 Å². The zero-order valence-corrected chi connectivity index (χ0v) is 12.3. The van der Waals surface area contributed by atoms with E-state index in [4.69, 9.17) is 0 Å². The SMILES string of the molecule is CC(=O)Nc1nnc(S(=O)(=O)N2CCCNC(=O)C2)s1. The van der Waals surface area contributed by atoms with E-state index in [1.807, 2.05) is 0 Å². The molecule has 1 aliphatic rings. The lowest BCUT2D eigenvalue weighted by molar-refractivity contribution is -0.120. The number of nitrogens with one attached hydrogen (secondary N) is 2. The lowest BCUT2D eigenvalue weighted by atomic mass is 10.4. The highest BCUT2D eigenvalue weighted by Crippen LogP contribution is 2.23. The van der Waals surface area contributed by atoms with E-state index in [2.05, 4.69) is 20.8 Å². The van der Waals surface area contributed by atoms with Crippen LogP contribution in [0, 0.1) is 0 Å². The molecule has 0 atom stereocenters. The molecule has 1 fully saturated rings. The summed E-state index contributed by atoms with van der Waals surface area (Å²) < 4.78 is 25.5. The highest BCUT2D eigenvalue weighted by Gasteiger charge is 2.31. The Labute approximate surface area is 119 Å². The second-order valence-electron chi connectivity index (χ2n) is 4.10. The minimum atomic E-state index is -3.87. The van der Waals surface area contributed by atoms with Crippen molar-refractivity contribution < 1.29 is 18.0 Å². The van der Waals surface area contributed by atoms with Crippen molar-refractivity contribution >= 4 is 38.3 Å². The first kappa shape index (κ1) is 14.8. The predicted octanol–water partition coefficient (Wildman–Crippen LogP) is -0.993. The van der Waals surface area contributed by atoms with Crippen LogP contribution in [0.15, 0.2) is 4.34 Å². The molecule has 2 heterocycles. The van der Waals surface area contributed by atoms with Gasteiger partial charge in [-0.2, -0.15) is 4.31 Å². The summed E-state index contributed by atoms with van der Waals surface area (Å²) in [5, 5.41) is 12.2. The van der Waals surface area contributed by atoms with Crippen LogP contribution in [0.1, 0.15) is 13.3 Å². The fraction of sp³-hybridized carbons (Fsp3) is 0.556. The molecule has 1 aromatic rings. The molecule has 0 radical (unpaired) electrons. The van der Waals surface area contributed by atoms with Crippen molar-refractivity contribution in [3.05, 3.63) is 0 Å². The number of anilines is 1. The molecule has 2 amide bonds. The second-order valence-corrected chi connectivity index (χ2v) is 7.19. The quantitative estimate of drug-likeness (QED) is 0.690. The highest BCUT2D eigenvalue weighted by molar-refractivity contribution is 7.91. The van der Waals surface area contributed by atoms with E-state index in [1.165, 1.54) is 6.92 Å². The van der Waals surface area contributed by atoms with E-state index < -0.39 is 10.0 Å². The van der Waals surface area contributed by atoms with Gasteiger partial charge in [-0.3, -0.25) is 9.59 Å². The Hall–Kier alpha value is -1.59. The maximum absolute atomic E-state index is 12.3. The molecule has 0 unspecified atom stereocenters. The summed E-state index contributed by atoms with van der Waals surface area (Å²) in [7, 11) is -3.87. The van der Waals surface area contributed by atoms with Crippen LogP contribution in [-0.4, -0.2) is 54.4 Å². The molecule has 2 rings (SSSR count). The Kier molecular flexibility index (Phi) is 4.30. The van der Waals surface area contributed by atoms with Crippen LogP contribution in [0.4, 0.5) is 5.13 Å². The maximum atomic E-state index is 12.3. The Morgan fingerprint density at radius 1 is 1.45 bits per heavy atom. The predicted molar refractivity (Wildman–Crippen MR) is 70.6 cm³/mol. The Bertz CT molecular complexity index is 626. The fourth-order valence-corrected chi connectivity index (χ4v) is 4.13. The number of sulfonamides is 1. The van der Waals surface area contributed by atoms with Gasteiger partial charge < -0.3 is 10.6 Å². The average molecular weight is 319 g/mol. The number of carbonyl (C=O) groups excluding carboxylic acids is 2. The molecule has 20 heavy (non-hydrogen) atoms. The summed E-state index contributed by atoms with van der Waals surface area (Å²) in [6, 6.07) is 0. The van der Waals surface area contributed by atoms with Crippen LogP contribution in [0.3, 0.4) is 0 Å². The van der Waals surface area contributed by atoms with Crippen LogP contribution in [0.25, 0.3) is 0 Å². The summed E-state index contributed by atoms with van der Waals surface area (Å²) >= 11 is 0.754. The molecule has 110 valence electrons. The summed E-state index contributed by atoms with van der Waals surface area (Å²) in [5.74, 6) is -0.711. The number of amides is 2. The van der Waals surface area contributed by atoms with E-state index in [9.17, 15) is 18.0 Å². The molecule has 0 aromatic carbocycles. The van der Waals surface area contributed by atoms with Crippen molar-refractivity contribution in [2.75, 3.05) is 25.0 Å².